The van der Waals surface area contributed by atoms with Crippen LogP contribution >= 0.6 is 0 Å². The molecule has 3 aromatic rings. The van der Waals surface area contributed by atoms with Gasteiger partial charge in [0.15, 0.2) is 0 Å². The Hall–Kier alpha value is -3.34. The summed E-state index contributed by atoms with van der Waals surface area (Å²) in [5.41, 5.74) is 3.57. The molecule has 0 aliphatic rings. The van der Waals surface area contributed by atoms with Crippen LogP contribution in [0.15, 0.2) is 66.9 Å². The van der Waals surface area contributed by atoms with E-state index in [1.165, 1.54) is 0 Å². The third-order valence-electron chi connectivity index (χ3n) is 4.19. The number of pyridine rings is 1. The van der Waals surface area contributed by atoms with Crippen LogP contribution in [0.2, 0.25) is 0 Å². The van der Waals surface area contributed by atoms with Gasteiger partial charge < -0.3 is 15.4 Å². The van der Waals surface area contributed by atoms with E-state index >= 15 is 0 Å². The second-order valence-electron chi connectivity index (χ2n) is 6.24. The van der Waals surface area contributed by atoms with Crippen molar-refractivity contribution in [2.45, 2.75) is 13.3 Å². The first-order valence-electron chi connectivity index (χ1n) is 8.85. The number of aryl methyl sites for hydroxylation is 1. The maximum absolute atomic E-state index is 12.5. The van der Waals surface area contributed by atoms with Crippen molar-refractivity contribution in [1.82, 2.24) is 4.98 Å². The molecule has 0 radical (unpaired) electrons. The molecule has 1 amide bonds. The van der Waals surface area contributed by atoms with Crippen LogP contribution in [0.4, 0.5) is 11.5 Å². The number of hydrogen-bond donors (Lipinski definition) is 2. The molecule has 0 bridgehead atoms. The number of para-hydroxylation sites is 1. The fourth-order valence-electron chi connectivity index (χ4n) is 2.83. The van der Waals surface area contributed by atoms with E-state index in [4.69, 9.17) is 4.74 Å². The molecule has 138 valence electrons. The third kappa shape index (κ3) is 5.07. The average molecular weight is 361 g/mol. The van der Waals surface area contributed by atoms with Crippen molar-refractivity contribution in [3.63, 3.8) is 0 Å². The van der Waals surface area contributed by atoms with Crippen LogP contribution in [0.1, 0.15) is 21.5 Å². The number of methoxy groups -OCH3 is 1. The molecule has 0 atom stereocenters. The van der Waals surface area contributed by atoms with Crippen molar-refractivity contribution < 1.29 is 9.53 Å². The molecular weight excluding hydrogens is 338 g/mol. The number of anilines is 2. The molecular formula is C22H23N3O2. The van der Waals surface area contributed by atoms with Crippen LogP contribution < -0.4 is 15.4 Å². The SMILES string of the molecule is COc1ccccc1CCNc1cc(C(=O)Nc2cccc(C)c2)ccn1. The number of nitrogens with one attached hydrogen (secondary N) is 2. The zero-order valence-corrected chi connectivity index (χ0v) is 15.5. The molecule has 0 aliphatic heterocycles. The van der Waals surface area contributed by atoms with Crippen LogP contribution in [0, 0.1) is 6.92 Å². The summed E-state index contributed by atoms with van der Waals surface area (Å²) in [6.45, 7) is 2.68. The van der Waals surface area contributed by atoms with Gasteiger partial charge in [-0.3, -0.25) is 4.79 Å². The van der Waals surface area contributed by atoms with Gasteiger partial charge in [0.2, 0.25) is 0 Å². The van der Waals surface area contributed by atoms with Crippen molar-refractivity contribution in [2.75, 3.05) is 24.3 Å². The molecule has 0 fully saturated rings. The molecule has 5 heteroatoms. The summed E-state index contributed by atoms with van der Waals surface area (Å²) in [6.07, 6.45) is 2.43. The number of aromatic nitrogens is 1. The van der Waals surface area contributed by atoms with Crippen LogP contribution in [0.5, 0.6) is 5.75 Å². The summed E-state index contributed by atoms with van der Waals surface area (Å²) in [5.74, 6) is 1.39. The molecule has 0 saturated carbocycles. The van der Waals surface area contributed by atoms with Gasteiger partial charge >= 0.3 is 0 Å². The maximum Gasteiger partial charge on any atom is 0.255 e. The highest BCUT2D eigenvalue weighted by atomic mass is 16.5. The van der Waals surface area contributed by atoms with Gasteiger partial charge in [0.1, 0.15) is 11.6 Å². The second kappa shape index (κ2) is 8.85. The molecule has 2 aromatic carbocycles. The van der Waals surface area contributed by atoms with E-state index < -0.39 is 0 Å². The molecule has 5 nitrogen and oxygen atoms in total. The van der Waals surface area contributed by atoms with Gasteiger partial charge in [-0.1, -0.05) is 30.3 Å². The first-order valence-corrected chi connectivity index (χ1v) is 8.85. The third-order valence-corrected chi connectivity index (χ3v) is 4.19. The molecule has 0 aliphatic carbocycles. The number of carbonyl (C=O) groups is 1. The average Bonchev–Trinajstić information content (AvgIpc) is 2.68. The Morgan fingerprint density at radius 1 is 1.07 bits per heavy atom. The van der Waals surface area contributed by atoms with E-state index in [2.05, 4.69) is 15.6 Å². The van der Waals surface area contributed by atoms with Crippen molar-refractivity contribution in [3.05, 3.63) is 83.6 Å². The largest absolute Gasteiger partial charge is 0.496 e. The maximum atomic E-state index is 12.5. The van der Waals surface area contributed by atoms with Gasteiger partial charge in [0.25, 0.3) is 5.91 Å². The highest BCUT2D eigenvalue weighted by molar-refractivity contribution is 6.04. The van der Waals surface area contributed by atoms with Gasteiger partial charge in [-0.05, 0) is 54.8 Å². The van der Waals surface area contributed by atoms with Crippen molar-refractivity contribution in [2.24, 2.45) is 0 Å². The lowest BCUT2D eigenvalue weighted by Crippen LogP contribution is -2.13. The van der Waals surface area contributed by atoms with Gasteiger partial charge in [-0.15, -0.1) is 0 Å². The van der Waals surface area contributed by atoms with Gasteiger partial charge in [-0.2, -0.15) is 0 Å². The van der Waals surface area contributed by atoms with Crippen molar-refractivity contribution >= 4 is 17.4 Å². The van der Waals surface area contributed by atoms with Crippen LogP contribution in [0.3, 0.4) is 0 Å². The summed E-state index contributed by atoms with van der Waals surface area (Å²) in [5, 5.41) is 6.18. The topological polar surface area (TPSA) is 63.2 Å². The highest BCUT2D eigenvalue weighted by Crippen LogP contribution is 2.18. The van der Waals surface area contributed by atoms with Crippen LogP contribution in [0.25, 0.3) is 0 Å². The smallest absolute Gasteiger partial charge is 0.255 e. The van der Waals surface area contributed by atoms with E-state index in [-0.39, 0.29) is 5.91 Å². The zero-order chi connectivity index (χ0) is 19.1. The van der Waals surface area contributed by atoms with Gasteiger partial charge in [-0.25, -0.2) is 4.98 Å². The molecule has 3 rings (SSSR count). The van der Waals surface area contributed by atoms with E-state index in [0.717, 1.165) is 29.0 Å². The summed E-state index contributed by atoms with van der Waals surface area (Å²) >= 11 is 0. The Balaban J connectivity index is 1.60. The standard InChI is InChI=1S/C22H23N3O2/c1-16-6-5-8-19(14-16)25-22(26)18-11-13-24-21(15-18)23-12-10-17-7-3-4-9-20(17)27-2/h3-9,11,13-15H,10,12H2,1-2H3,(H,23,24)(H,25,26). The molecule has 1 aromatic heterocycles. The van der Waals surface area contributed by atoms with Crippen LogP contribution in [-0.4, -0.2) is 24.5 Å². The number of nitrogens with zero attached hydrogens (tertiary/aromatic N) is 1. The fraction of sp³-hybridized carbons (Fsp3) is 0.182. The van der Waals surface area contributed by atoms with E-state index in [1.807, 2.05) is 55.5 Å². The minimum Gasteiger partial charge on any atom is -0.496 e. The Kier molecular flexibility index (Phi) is 6.05. The molecule has 0 saturated heterocycles. The molecule has 2 N–H and O–H groups in total. The number of carbonyl (C=O) groups excluding carboxylic acids is 1. The molecule has 27 heavy (non-hydrogen) atoms. The lowest BCUT2D eigenvalue weighted by atomic mass is 10.1. The number of benzene rings is 2. The predicted octanol–water partition coefficient (Wildman–Crippen LogP) is 4.31. The predicted molar refractivity (Wildman–Crippen MR) is 109 cm³/mol. The number of amides is 1. The highest BCUT2D eigenvalue weighted by Gasteiger charge is 2.08. The Labute approximate surface area is 159 Å². The van der Waals surface area contributed by atoms with Crippen molar-refractivity contribution in [1.29, 1.82) is 0 Å². The van der Waals surface area contributed by atoms with Gasteiger partial charge in [0, 0.05) is 24.0 Å². The number of rotatable bonds is 7. The summed E-state index contributed by atoms with van der Waals surface area (Å²) in [4.78, 5) is 16.8. The normalized spacial score (nSPS) is 10.3. The Morgan fingerprint density at radius 2 is 1.93 bits per heavy atom. The minimum atomic E-state index is -0.157. The Bertz CT molecular complexity index is 925. The van der Waals surface area contributed by atoms with E-state index in [1.54, 1.807) is 25.4 Å². The minimum absolute atomic E-state index is 0.157. The zero-order valence-electron chi connectivity index (χ0n) is 15.5. The second-order valence-corrected chi connectivity index (χ2v) is 6.24. The summed E-state index contributed by atoms with van der Waals surface area (Å²) in [7, 11) is 1.67. The lowest BCUT2D eigenvalue weighted by molar-refractivity contribution is 0.102. The van der Waals surface area contributed by atoms with Gasteiger partial charge in [0.05, 0.1) is 7.11 Å². The fourth-order valence-corrected chi connectivity index (χ4v) is 2.83. The molecule has 0 unspecified atom stereocenters. The first-order chi connectivity index (χ1) is 13.2. The van der Waals surface area contributed by atoms with E-state index in [9.17, 15) is 4.79 Å². The molecule has 1 heterocycles. The lowest BCUT2D eigenvalue weighted by Gasteiger charge is -2.10. The quantitative estimate of drug-likeness (QED) is 0.658. The van der Waals surface area contributed by atoms with E-state index in [0.29, 0.717) is 17.9 Å². The number of hydrogen-bond acceptors (Lipinski definition) is 4. The van der Waals surface area contributed by atoms with Crippen LogP contribution in [-0.2, 0) is 6.42 Å². The summed E-state index contributed by atoms with van der Waals surface area (Å²) < 4.78 is 5.37. The van der Waals surface area contributed by atoms with Crippen molar-refractivity contribution in [3.8, 4) is 5.75 Å². The molecule has 0 spiro atoms. The Morgan fingerprint density at radius 3 is 2.74 bits per heavy atom. The first kappa shape index (κ1) is 18.5. The number of ether oxygens (including phenoxy) is 1. The monoisotopic (exact) mass is 361 g/mol. The summed E-state index contributed by atoms with van der Waals surface area (Å²) in [6, 6.07) is 19.1.